The third kappa shape index (κ3) is 15.1. The fourth-order valence-corrected chi connectivity index (χ4v) is 0.711. The second-order valence-electron chi connectivity index (χ2n) is 2.53. The second-order valence-corrected chi connectivity index (χ2v) is 2.53. The molecule has 0 amide bonds. The normalized spacial score (nSPS) is 8.12. The number of hydrogen-bond donors (Lipinski definition) is 4. The van der Waals surface area contributed by atoms with Gasteiger partial charge in [-0.25, -0.2) is 0 Å². The van der Waals surface area contributed by atoms with Crippen molar-refractivity contribution in [2.24, 2.45) is 0 Å². The van der Waals surface area contributed by atoms with Gasteiger partial charge in [0.1, 0.15) is 12.5 Å². The third-order valence-corrected chi connectivity index (χ3v) is 1.33. The van der Waals surface area contributed by atoms with E-state index < -0.39 is 0 Å². The maximum absolute atomic E-state index is 8.63. The van der Waals surface area contributed by atoms with Gasteiger partial charge in [0.15, 0.2) is 0 Å². The summed E-state index contributed by atoms with van der Waals surface area (Å²) < 4.78 is 0. The molecule has 0 aliphatic carbocycles. The smallest absolute Gasteiger partial charge is 0.115 e. The lowest BCUT2D eigenvalue weighted by molar-refractivity contribution is -0.0979. The average molecular weight is 229 g/mol. The van der Waals surface area contributed by atoms with Gasteiger partial charge in [0, 0.05) is 13.1 Å². The van der Waals surface area contributed by atoms with E-state index in [4.69, 9.17) is 20.1 Å². The van der Waals surface area contributed by atoms with E-state index in [1.165, 1.54) is 0 Å². The zero-order valence-electron chi connectivity index (χ0n) is 9.17. The van der Waals surface area contributed by atoms with E-state index in [0.717, 1.165) is 0 Å². The van der Waals surface area contributed by atoms with E-state index in [-0.39, 0.29) is 13.2 Å². The molecule has 0 fully saturated rings. The number of phenols is 1. The Morgan fingerprint density at radius 3 is 1.69 bits per heavy atom. The Morgan fingerprint density at radius 1 is 1.00 bits per heavy atom. The van der Waals surface area contributed by atoms with Crippen molar-refractivity contribution in [1.29, 1.82) is 0 Å². The van der Waals surface area contributed by atoms with Gasteiger partial charge in [0.2, 0.25) is 0 Å². The second kappa shape index (κ2) is 16.0. The fraction of sp³-hybridized carbons (Fsp3) is 0.364. The summed E-state index contributed by atoms with van der Waals surface area (Å²) in [5, 5.41) is 27.7. The van der Waals surface area contributed by atoms with Crippen LogP contribution in [0.5, 0.6) is 5.75 Å². The highest BCUT2D eigenvalue weighted by Gasteiger charge is 1.78. The number of aromatic hydroxyl groups is 1. The summed E-state index contributed by atoms with van der Waals surface area (Å²) in [6.07, 6.45) is 0. The number of carbonyl (C=O) groups excluding carboxylic acids is 1. The number of hydrogen-bond acceptors (Lipinski definition) is 5. The topological polar surface area (TPSA) is 89.8 Å². The molecule has 5 heteroatoms. The third-order valence-electron chi connectivity index (χ3n) is 1.33. The van der Waals surface area contributed by atoms with Crippen LogP contribution < -0.4 is 5.32 Å². The lowest BCUT2D eigenvalue weighted by Crippen LogP contribution is -2.21. The highest BCUT2D eigenvalue weighted by atomic mass is 16.3. The van der Waals surface area contributed by atoms with E-state index in [1.54, 1.807) is 24.3 Å². The Bertz CT molecular complexity index is 214. The molecule has 4 N–H and O–H groups in total. The van der Waals surface area contributed by atoms with Crippen molar-refractivity contribution in [3.8, 4) is 5.75 Å². The van der Waals surface area contributed by atoms with Crippen molar-refractivity contribution in [3.63, 3.8) is 0 Å². The molecule has 0 bridgehead atoms. The van der Waals surface area contributed by atoms with Crippen LogP contribution in [0.2, 0.25) is 0 Å². The lowest BCUT2D eigenvalue weighted by atomic mass is 10.3. The first-order valence-corrected chi connectivity index (χ1v) is 4.76. The molecule has 1 aromatic carbocycles. The Kier molecular flexibility index (Phi) is 17.0. The standard InChI is InChI=1S/C6H6O.C4H11NO2.CH2O/c7-6-4-2-1-3-5-6;6-3-1-5-2-4-7;1-2/h1-5,7H;5-7H,1-4H2;1H2. The molecule has 5 nitrogen and oxygen atoms in total. The quantitative estimate of drug-likeness (QED) is 0.535. The average Bonchev–Trinajstić information content (AvgIpc) is 2.34. The fourth-order valence-electron chi connectivity index (χ4n) is 0.711. The molecule has 0 spiro atoms. The van der Waals surface area contributed by atoms with Gasteiger partial charge in [-0.15, -0.1) is 0 Å². The van der Waals surface area contributed by atoms with Crippen molar-refractivity contribution in [2.45, 2.75) is 0 Å². The van der Waals surface area contributed by atoms with Crippen LogP contribution in [0, 0.1) is 0 Å². The number of rotatable bonds is 4. The molecule has 0 saturated heterocycles. The van der Waals surface area contributed by atoms with Crippen molar-refractivity contribution in [1.82, 2.24) is 5.32 Å². The van der Waals surface area contributed by atoms with Gasteiger partial charge in [-0.1, -0.05) is 18.2 Å². The Labute approximate surface area is 95.4 Å². The number of aliphatic hydroxyl groups excluding tert-OH is 2. The van der Waals surface area contributed by atoms with E-state index in [1.807, 2.05) is 12.9 Å². The first-order valence-electron chi connectivity index (χ1n) is 4.76. The number of aliphatic hydroxyl groups is 2. The highest BCUT2D eigenvalue weighted by Crippen LogP contribution is 2.02. The molecular weight excluding hydrogens is 210 g/mol. The van der Waals surface area contributed by atoms with Gasteiger partial charge in [0.25, 0.3) is 0 Å². The van der Waals surface area contributed by atoms with Crippen LogP contribution in [0.15, 0.2) is 30.3 Å². The zero-order valence-corrected chi connectivity index (χ0v) is 9.17. The van der Waals surface area contributed by atoms with Crippen molar-refractivity contribution in [2.75, 3.05) is 26.3 Å². The molecule has 1 aromatic rings. The summed E-state index contributed by atoms with van der Waals surface area (Å²) in [5.41, 5.74) is 0. The highest BCUT2D eigenvalue weighted by molar-refractivity contribution is 5.18. The predicted octanol–water partition coefficient (Wildman–Crippen LogP) is -0.232. The maximum Gasteiger partial charge on any atom is 0.115 e. The van der Waals surface area contributed by atoms with Crippen LogP contribution in [0.1, 0.15) is 0 Å². The first kappa shape index (κ1) is 17.0. The van der Waals surface area contributed by atoms with Crippen LogP contribution in [-0.2, 0) is 4.79 Å². The van der Waals surface area contributed by atoms with E-state index in [0.29, 0.717) is 18.8 Å². The Balaban J connectivity index is 0. The molecule has 0 aliphatic heterocycles. The van der Waals surface area contributed by atoms with Gasteiger partial charge in [0.05, 0.1) is 13.2 Å². The van der Waals surface area contributed by atoms with Gasteiger partial charge < -0.3 is 25.4 Å². The molecule has 0 heterocycles. The van der Waals surface area contributed by atoms with Gasteiger partial charge in [-0.2, -0.15) is 0 Å². The molecule has 1 rings (SSSR count). The van der Waals surface area contributed by atoms with Crippen molar-refractivity contribution >= 4 is 6.79 Å². The summed E-state index contributed by atoms with van der Waals surface area (Å²) in [6.45, 7) is 3.42. The number of nitrogens with one attached hydrogen (secondary N) is 1. The number of para-hydroxylation sites is 1. The summed E-state index contributed by atoms with van der Waals surface area (Å²) in [6, 6.07) is 8.71. The first-order chi connectivity index (χ1) is 7.81. The summed E-state index contributed by atoms with van der Waals surface area (Å²) in [5.74, 6) is 0.322. The summed E-state index contributed by atoms with van der Waals surface area (Å²) in [4.78, 5) is 8.00. The van der Waals surface area contributed by atoms with E-state index in [9.17, 15) is 0 Å². The van der Waals surface area contributed by atoms with Crippen LogP contribution >= 0.6 is 0 Å². The monoisotopic (exact) mass is 229 g/mol. The minimum absolute atomic E-state index is 0.139. The minimum atomic E-state index is 0.139. The Hall–Kier alpha value is -1.43. The molecule has 0 unspecified atom stereocenters. The summed E-state index contributed by atoms with van der Waals surface area (Å²) in [7, 11) is 0. The molecule has 0 aromatic heterocycles. The number of benzene rings is 1. The maximum atomic E-state index is 8.63. The number of phenolic OH excluding ortho intramolecular Hbond substituents is 1. The predicted molar refractivity (Wildman–Crippen MR) is 62.3 cm³/mol. The SMILES string of the molecule is C=O.OCCNCCO.Oc1ccccc1. The van der Waals surface area contributed by atoms with E-state index >= 15 is 0 Å². The molecule has 0 atom stereocenters. The van der Waals surface area contributed by atoms with Gasteiger partial charge in [-0.3, -0.25) is 0 Å². The molecule has 0 saturated carbocycles. The minimum Gasteiger partial charge on any atom is -0.508 e. The van der Waals surface area contributed by atoms with Crippen molar-refractivity contribution in [3.05, 3.63) is 30.3 Å². The largest absolute Gasteiger partial charge is 0.508 e. The van der Waals surface area contributed by atoms with Gasteiger partial charge in [-0.05, 0) is 12.1 Å². The van der Waals surface area contributed by atoms with E-state index in [2.05, 4.69) is 5.32 Å². The van der Waals surface area contributed by atoms with Crippen LogP contribution in [0.25, 0.3) is 0 Å². The zero-order chi connectivity index (χ0) is 12.6. The van der Waals surface area contributed by atoms with Crippen LogP contribution in [0.4, 0.5) is 0 Å². The molecular formula is C11H19NO4. The summed E-state index contributed by atoms with van der Waals surface area (Å²) >= 11 is 0. The molecule has 0 radical (unpaired) electrons. The Morgan fingerprint density at radius 2 is 1.44 bits per heavy atom. The van der Waals surface area contributed by atoms with Gasteiger partial charge >= 0.3 is 0 Å². The lowest BCUT2D eigenvalue weighted by Gasteiger charge is -1.94. The number of carbonyl (C=O) groups is 1. The van der Waals surface area contributed by atoms with Crippen LogP contribution in [-0.4, -0.2) is 48.4 Å². The molecule has 16 heavy (non-hydrogen) atoms. The van der Waals surface area contributed by atoms with Crippen molar-refractivity contribution < 1.29 is 20.1 Å². The molecule has 92 valence electrons. The molecule has 0 aliphatic rings. The van der Waals surface area contributed by atoms with Crippen LogP contribution in [0.3, 0.4) is 0 Å².